The second kappa shape index (κ2) is 2.28. The second-order valence-electron chi connectivity index (χ2n) is 2.54. The highest BCUT2D eigenvalue weighted by atomic mass is 16.4. The van der Waals surface area contributed by atoms with Crippen LogP contribution in [0.5, 0.6) is 0 Å². The van der Waals surface area contributed by atoms with Gasteiger partial charge in [0.25, 0.3) is 0 Å². The van der Waals surface area contributed by atoms with Gasteiger partial charge in [-0.2, -0.15) is 0 Å². The fraction of sp³-hybridized carbons (Fsp3) is 0.667. The zero-order chi connectivity index (χ0) is 7.72. The number of hydrogen-bond acceptors (Lipinski definition) is 2. The van der Waals surface area contributed by atoms with Crippen LogP contribution in [-0.2, 0) is 9.59 Å². The smallest absolute Gasteiger partial charge is 0.326 e. The van der Waals surface area contributed by atoms with E-state index in [0.717, 1.165) is 0 Å². The molecule has 0 aromatic heterocycles. The Morgan fingerprint density at radius 1 is 1.80 bits per heavy atom. The molecule has 1 aliphatic heterocycles. The van der Waals surface area contributed by atoms with E-state index < -0.39 is 12.0 Å². The van der Waals surface area contributed by atoms with Crippen molar-refractivity contribution in [3.8, 4) is 0 Å². The van der Waals surface area contributed by atoms with Gasteiger partial charge in [0.05, 0.1) is 0 Å². The molecule has 1 fully saturated rings. The first-order valence-electron chi connectivity index (χ1n) is 3.14. The topological polar surface area (TPSA) is 66.4 Å². The Balaban J connectivity index is 2.57. The molecule has 0 radical (unpaired) electrons. The summed E-state index contributed by atoms with van der Waals surface area (Å²) >= 11 is 0. The molecule has 4 nitrogen and oxygen atoms in total. The molecule has 0 bridgehead atoms. The Morgan fingerprint density at radius 2 is 2.40 bits per heavy atom. The standard InChI is InChI=1S/C6H9NO3/c1-3-2-4(6(9)10)7-5(3)8/h3-4H,2H2,1H3,(H,7,8)(H,9,10)/t3-,4-/m1/s1. The molecular formula is C6H9NO3. The van der Waals surface area contributed by atoms with Crippen molar-refractivity contribution in [2.75, 3.05) is 0 Å². The van der Waals surface area contributed by atoms with E-state index >= 15 is 0 Å². The highest BCUT2D eigenvalue weighted by molar-refractivity contribution is 5.88. The van der Waals surface area contributed by atoms with E-state index in [1.54, 1.807) is 6.92 Å². The predicted molar refractivity (Wildman–Crippen MR) is 33.3 cm³/mol. The van der Waals surface area contributed by atoms with Crippen LogP contribution in [0.2, 0.25) is 0 Å². The van der Waals surface area contributed by atoms with Crippen molar-refractivity contribution in [1.82, 2.24) is 5.32 Å². The summed E-state index contributed by atoms with van der Waals surface area (Å²) < 4.78 is 0. The van der Waals surface area contributed by atoms with Crippen LogP contribution < -0.4 is 5.32 Å². The maximum atomic E-state index is 10.7. The van der Waals surface area contributed by atoms with E-state index in [1.165, 1.54) is 0 Å². The quantitative estimate of drug-likeness (QED) is 0.524. The highest BCUT2D eigenvalue weighted by Gasteiger charge is 2.32. The summed E-state index contributed by atoms with van der Waals surface area (Å²) in [5.74, 6) is -1.26. The third-order valence-electron chi connectivity index (χ3n) is 1.65. The Kier molecular flexibility index (Phi) is 1.61. The monoisotopic (exact) mass is 143 g/mol. The number of carbonyl (C=O) groups is 2. The minimum Gasteiger partial charge on any atom is -0.480 e. The third kappa shape index (κ3) is 1.10. The molecule has 1 heterocycles. The molecule has 0 aromatic carbocycles. The van der Waals surface area contributed by atoms with Crippen molar-refractivity contribution >= 4 is 11.9 Å². The van der Waals surface area contributed by atoms with E-state index in [9.17, 15) is 9.59 Å². The van der Waals surface area contributed by atoms with Gasteiger partial charge in [-0.3, -0.25) is 4.79 Å². The van der Waals surface area contributed by atoms with Crippen molar-refractivity contribution in [2.24, 2.45) is 5.92 Å². The first-order chi connectivity index (χ1) is 4.61. The number of aliphatic carboxylic acids is 1. The zero-order valence-electron chi connectivity index (χ0n) is 5.63. The number of nitrogens with one attached hydrogen (secondary N) is 1. The lowest BCUT2D eigenvalue weighted by atomic mass is 10.1. The highest BCUT2D eigenvalue weighted by Crippen LogP contribution is 2.13. The summed E-state index contributed by atoms with van der Waals surface area (Å²) in [6.45, 7) is 1.72. The molecule has 0 aliphatic carbocycles. The van der Waals surface area contributed by atoms with Crippen LogP contribution in [0.4, 0.5) is 0 Å². The molecule has 1 saturated heterocycles. The van der Waals surface area contributed by atoms with Gasteiger partial charge < -0.3 is 10.4 Å². The van der Waals surface area contributed by atoms with Gasteiger partial charge in [-0.25, -0.2) is 4.79 Å². The van der Waals surface area contributed by atoms with E-state index in [4.69, 9.17) is 5.11 Å². The van der Waals surface area contributed by atoms with Gasteiger partial charge in [0, 0.05) is 5.92 Å². The van der Waals surface area contributed by atoms with Crippen molar-refractivity contribution in [2.45, 2.75) is 19.4 Å². The zero-order valence-corrected chi connectivity index (χ0v) is 5.63. The molecule has 0 aromatic rings. The number of carbonyl (C=O) groups excluding carboxylic acids is 1. The first kappa shape index (κ1) is 7.05. The van der Waals surface area contributed by atoms with Crippen molar-refractivity contribution < 1.29 is 14.7 Å². The SMILES string of the molecule is C[C@@H]1C[C@H](C(=O)O)NC1=O. The summed E-state index contributed by atoms with van der Waals surface area (Å²) in [5.41, 5.74) is 0. The Morgan fingerprint density at radius 3 is 2.60 bits per heavy atom. The number of hydrogen-bond donors (Lipinski definition) is 2. The summed E-state index contributed by atoms with van der Waals surface area (Å²) in [5, 5.41) is 10.8. The van der Waals surface area contributed by atoms with Crippen molar-refractivity contribution in [3.63, 3.8) is 0 Å². The molecule has 1 aliphatic rings. The van der Waals surface area contributed by atoms with Crippen LogP contribution in [0.25, 0.3) is 0 Å². The van der Waals surface area contributed by atoms with E-state index in [-0.39, 0.29) is 11.8 Å². The first-order valence-corrected chi connectivity index (χ1v) is 3.14. The minimum absolute atomic E-state index is 0.152. The van der Waals surface area contributed by atoms with Gasteiger partial charge in [-0.15, -0.1) is 0 Å². The number of carboxylic acid groups (broad SMARTS) is 1. The van der Waals surface area contributed by atoms with Crippen molar-refractivity contribution in [3.05, 3.63) is 0 Å². The maximum Gasteiger partial charge on any atom is 0.326 e. The largest absolute Gasteiger partial charge is 0.480 e. The number of rotatable bonds is 1. The third-order valence-corrected chi connectivity index (χ3v) is 1.65. The Bertz CT molecular complexity index is 178. The van der Waals surface area contributed by atoms with Crippen LogP contribution in [0, 0.1) is 5.92 Å². The number of amides is 1. The van der Waals surface area contributed by atoms with Crippen LogP contribution in [-0.4, -0.2) is 23.0 Å². The van der Waals surface area contributed by atoms with E-state index in [2.05, 4.69) is 5.32 Å². The van der Waals surface area contributed by atoms with Crippen LogP contribution >= 0.6 is 0 Å². The van der Waals surface area contributed by atoms with Gasteiger partial charge in [0.2, 0.25) is 5.91 Å². The molecule has 0 spiro atoms. The molecule has 0 unspecified atom stereocenters. The minimum atomic E-state index is -0.947. The average molecular weight is 143 g/mol. The van der Waals surface area contributed by atoms with Gasteiger partial charge in [-0.1, -0.05) is 6.92 Å². The fourth-order valence-corrected chi connectivity index (χ4v) is 0.996. The molecular weight excluding hydrogens is 134 g/mol. The Labute approximate surface area is 58.2 Å². The lowest BCUT2D eigenvalue weighted by Gasteiger charge is -1.99. The fourth-order valence-electron chi connectivity index (χ4n) is 0.996. The van der Waals surface area contributed by atoms with Gasteiger partial charge in [-0.05, 0) is 6.42 Å². The summed E-state index contributed by atoms with van der Waals surface area (Å²) in [4.78, 5) is 21.0. The molecule has 2 atom stereocenters. The lowest BCUT2D eigenvalue weighted by molar-refractivity contribution is -0.140. The Hall–Kier alpha value is -1.06. The van der Waals surface area contributed by atoms with Crippen molar-refractivity contribution in [1.29, 1.82) is 0 Å². The molecule has 0 saturated carbocycles. The second-order valence-corrected chi connectivity index (χ2v) is 2.54. The molecule has 4 heteroatoms. The molecule has 1 amide bonds. The number of carboxylic acids is 1. The molecule has 10 heavy (non-hydrogen) atoms. The van der Waals surface area contributed by atoms with E-state index in [0.29, 0.717) is 6.42 Å². The van der Waals surface area contributed by atoms with Crippen LogP contribution in [0.3, 0.4) is 0 Å². The normalized spacial score (nSPS) is 31.9. The average Bonchev–Trinajstić information content (AvgIpc) is 2.13. The van der Waals surface area contributed by atoms with Gasteiger partial charge >= 0.3 is 5.97 Å². The van der Waals surface area contributed by atoms with Crippen LogP contribution in [0.1, 0.15) is 13.3 Å². The summed E-state index contributed by atoms with van der Waals surface area (Å²) in [7, 11) is 0. The summed E-state index contributed by atoms with van der Waals surface area (Å²) in [6.07, 6.45) is 0.411. The molecule has 2 N–H and O–H groups in total. The van der Waals surface area contributed by atoms with Gasteiger partial charge in [0.15, 0.2) is 0 Å². The maximum absolute atomic E-state index is 10.7. The van der Waals surface area contributed by atoms with Gasteiger partial charge in [0.1, 0.15) is 6.04 Å². The lowest BCUT2D eigenvalue weighted by Crippen LogP contribution is -2.32. The molecule has 1 rings (SSSR count). The van der Waals surface area contributed by atoms with E-state index in [1.807, 2.05) is 0 Å². The predicted octanol–water partition coefficient (Wildman–Crippen LogP) is -0.404. The molecule has 56 valence electrons. The van der Waals surface area contributed by atoms with Crippen LogP contribution in [0.15, 0.2) is 0 Å². The summed E-state index contributed by atoms with van der Waals surface area (Å²) in [6, 6.07) is -0.664.